The highest BCUT2D eigenvalue weighted by Gasteiger charge is 2.34. The Morgan fingerprint density at radius 3 is 1.93 bits per heavy atom. The molecule has 0 aliphatic carbocycles. The van der Waals surface area contributed by atoms with Crippen molar-refractivity contribution in [1.29, 1.82) is 0 Å². The number of Topliss-reactive ketones (excluding diaryl/α,β-unsaturated/α-hetero) is 1. The van der Waals surface area contributed by atoms with E-state index in [1.165, 1.54) is 0 Å². The third-order valence-electron chi connectivity index (χ3n) is 6.49. The van der Waals surface area contributed by atoms with Crippen molar-refractivity contribution in [2.75, 3.05) is 13.1 Å². The van der Waals surface area contributed by atoms with Crippen LogP contribution in [-0.4, -0.2) is 70.8 Å². The first-order valence-electron chi connectivity index (χ1n) is 15.4. The number of likely N-dealkylation sites (tertiary alicyclic amines) is 1. The molecule has 1 fully saturated rings. The molecule has 1 aliphatic heterocycles. The summed E-state index contributed by atoms with van der Waals surface area (Å²) < 4.78 is 5.43. The van der Waals surface area contributed by atoms with Gasteiger partial charge in [0.1, 0.15) is 17.7 Å². The van der Waals surface area contributed by atoms with Gasteiger partial charge in [-0.25, -0.2) is 4.79 Å². The van der Waals surface area contributed by atoms with E-state index in [0.717, 1.165) is 5.56 Å². The lowest BCUT2D eigenvalue weighted by Gasteiger charge is -2.33. The summed E-state index contributed by atoms with van der Waals surface area (Å²) in [5.41, 5.74) is -0.437. The molecule has 1 aromatic carbocycles. The van der Waals surface area contributed by atoms with Crippen molar-refractivity contribution in [3.63, 3.8) is 0 Å². The van der Waals surface area contributed by atoms with Crippen LogP contribution in [-0.2, 0) is 30.3 Å². The molecular weight excluding hydrogens is 548 g/mol. The fourth-order valence-corrected chi connectivity index (χ4v) is 4.54. The lowest BCUT2D eigenvalue weighted by molar-refractivity contribution is -0.141. The number of benzene rings is 1. The molecule has 43 heavy (non-hydrogen) atoms. The number of amides is 4. The normalized spacial score (nSPS) is 15.4. The van der Waals surface area contributed by atoms with Crippen molar-refractivity contribution in [1.82, 2.24) is 20.9 Å². The Bertz CT molecular complexity index is 1070. The SMILES string of the molecule is CC.CC(C)C[C@H](NC(=O)C1CCN(C(=O)OC(C)(C)C)CC1)C(=O)NC(Cc1ccccc1)C(=O)C(=O)NC(C)(C)C. The molecule has 1 aromatic rings. The summed E-state index contributed by atoms with van der Waals surface area (Å²) in [6, 6.07) is 7.15. The van der Waals surface area contributed by atoms with Crippen molar-refractivity contribution in [3.8, 4) is 0 Å². The second kappa shape index (κ2) is 17.0. The van der Waals surface area contributed by atoms with Gasteiger partial charge in [-0.15, -0.1) is 0 Å². The average molecular weight is 603 g/mol. The van der Waals surface area contributed by atoms with Crippen LogP contribution < -0.4 is 16.0 Å². The van der Waals surface area contributed by atoms with Crippen LogP contribution >= 0.6 is 0 Å². The molecular formula is C33H54N4O6. The maximum atomic E-state index is 13.5. The summed E-state index contributed by atoms with van der Waals surface area (Å²) >= 11 is 0. The summed E-state index contributed by atoms with van der Waals surface area (Å²) in [4.78, 5) is 66.6. The molecule has 10 heteroatoms. The van der Waals surface area contributed by atoms with E-state index < -0.39 is 46.9 Å². The van der Waals surface area contributed by atoms with Gasteiger partial charge in [0.2, 0.25) is 17.6 Å². The van der Waals surface area contributed by atoms with Gasteiger partial charge in [0.25, 0.3) is 5.91 Å². The molecule has 1 saturated heterocycles. The summed E-state index contributed by atoms with van der Waals surface area (Å²) in [7, 11) is 0. The van der Waals surface area contributed by atoms with Gasteiger partial charge in [0, 0.05) is 31.0 Å². The highest BCUT2D eigenvalue weighted by atomic mass is 16.6. The highest BCUT2D eigenvalue weighted by Crippen LogP contribution is 2.21. The molecule has 0 spiro atoms. The highest BCUT2D eigenvalue weighted by molar-refractivity contribution is 6.38. The summed E-state index contributed by atoms with van der Waals surface area (Å²) in [5.74, 6) is -2.61. The molecule has 0 radical (unpaired) electrons. The van der Waals surface area contributed by atoms with E-state index in [0.29, 0.717) is 32.4 Å². The second-order valence-corrected chi connectivity index (χ2v) is 13.3. The molecule has 10 nitrogen and oxygen atoms in total. The van der Waals surface area contributed by atoms with Crippen LogP contribution in [0.3, 0.4) is 0 Å². The van der Waals surface area contributed by atoms with Crippen LogP contribution in [0.2, 0.25) is 0 Å². The quantitative estimate of drug-likeness (QED) is 0.340. The molecule has 4 amide bonds. The predicted molar refractivity (Wildman–Crippen MR) is 168 cm³/mol. The largest absolute Gasteiger partial charge is 0.444 e. The Hall–Kier alpha value is -3.43. The number of nitrogens with one attached hydrogen (secondary N) is 3. The second-order valence-electron chi connectivity index (χ2n) is 13.3. The number of hydrogen-bond donors (Lipinski definition) is 3. The fraction of sp³-hybridized carbons (Fsp3) is 0.667. The van der Waals surface area contributed by atoms with Crippen LogP contribution in [0.25, 0.3) is 0 Å². The van der Waals surface area contributed by atoms with Gasteiger partial charge in [0.05, 0.1) is 0 Å². The van der Waals surface area contributed by atoms with E-state index in [2.05, 4.69) is 16.0 Å². The van der Waals surface area contributed by atoms with E-state index in [9.17, 15) is 24.0 Å². The zero-order chi connectivity index (χ0) is 33.0. The third-order valence-corrected chi connectivity index (χ3v) is 6.49. The number of hydrogen-bond acceptors (Lipinski definition) is 6. The van der Waals surface area contributed by atoms with Crippen molar-refractivity contribution >= 4 is 29.6 Å². The van der Waals surface area contributed by atoms with E-state index in [1.807, 2.05) is 58.0 Å². The number of piperidine rings is 1. The smallest absolute Gasteiger partial charge is 0.410 e. The number of ether oxygens (including phenoxy) is 1. The van der Waals surface area contributed by atoms with Gasteiger partial charge in [-0.05, 0) is 72.3 Å². The van der Waals surface area contributed by atoms with Crippen LogP contribution in [0.15, 0.2) is 30.3 Å². The maximum absolute atomic E-state index is 13.5. The maximum Gasteiger partial charge on any atom is 0.410 e. The van der Waals surface area contributed by atoms with Crippen molar-refractivity contribution in [3.05, 3.63) is 35.9 Å². The Morgan fingerprint density at radius 2 is 1.44 bits per heavy atom. The zero-order valence-electron chi connectivity index (χ0n) is 27.8. The first kappa shape index (κ1) is 37.6. The molecule has 0 bridgehead atoms. The molecule has 2 atom stereocenters. The summed E-state index contributed by atoms with van der Waals surface area (Å²) in [6.07, 6.45) is 0.980. The topological polar surface area (TPSA) is 134 Å². The Morgan fingerprint density at radius 1 is 0.884 bits per heavy atom. The van der Waals surface area contributed by atoms with E-state index in [-0.39, 0.29) is 24.2 Å². The van der Waals surface area contributed by atoms with Crippen molar-refractivity contribution in [2.24, 2.45) is 11.8 Å². The molecule has 1 heterocycles. The van der Waals surface area contributed by atoms with Crippen molar-refractivity contribution < 1.29 is 28.7 Å². The predicted octanol–water partition coefficient (Wildman–Crippen LogP) is 4.40. The fourth-order valence-electron chi connectivity index (χ4n) is 4.54. The van der Waals surface area contributed by atoms with Crippen LogP contribution in [0.5, 0.6) is 0 Å². The van der Waals surface area contributed by atoms with Crippen LogP contribution in [0.4, 0.5) is 4.79 Å². The summed E-state index contributed by atoms with van der Waals surface area (Å²) in [6.45, 7) is 19.4. The molecule has 2 rings (SSSR count). The number of ketones is 1. The van der Waals surface area contributed by atoms with E-state index in [1.54, 1.807) is 46.4 Å². The molecule has 0 aromatic heterocycles. The van der Waals surface area contributed by atoms with Gasteiger partial charge in [-0.2, -0.15) is 0 Å². The minimum atomic E-state index is -1.10. The molecule has 1 unspecified atom stereocenters. The Balaban J connectivity index is 0.00000452. The first-order chi connectivity index (χ1) is 19.9. The number of carbonyl (C=O) groups excluding carboxylic acids is 5. The van der Waals surface area contributed by atoms with Crippen molar-refractivity contribution in [2.45, 2.75) is 118 Å². The summed E-state index contributed by atoms with van der Waals surface area (Å²) in [5, 5.41) is 8.31. The van der Waals surface area contributed by atoms with Crippen LogP contribution in [0, 0.1) is 11.8 Å². The minimum absolute atomic E-state index is 0.0764. The minimum Gasteiger partial charge on any atom is -0.444 e. The van der Waals surface area contributed by atoms with Crippen LogP contribution in [0.1, 0.15) is 94.1 Å². The average Bonchev–Trinajstić information content (AvgIpc) is 2.91. The monoisotopic (exact) mass is 602 g/mol. The van der Waals surface area contributed by atoms with E-state index >= 15 is 0 Å². The van der Waals surface area contributed by atoms with E-state index in [4.69, 9.17) is 4.74 Å². The molecule has 3 N–H and O–H groups in total. The number of carbonyl (C=O) groups is 5. The van der Waals surface area contributed by atoms with Gasteiger partial charge in [-0.3, -0.25) is 19.2 Å². The van der Waals surface area contributed by atoms with Gasteiger partial charge >= 0.3 is 6.09 Å². The molecule has 0 saturated carbocycles. The zero-order valence-corrected chi connectivity index (χ0v) is 27.8. The van der Waals surface area contributed by atoms with Gasteiger partial charge in [0.15, 0.2) is 0 Å². The lowest BCUT2D eigenvalue weighted by atomic mass is 9.94. The Labute approximate surface area is 258 Å². The molecule has 1 aliphatic rings. The third kappa shape index (κ3) is 14.1. The van der Waals surface area contributed by atoms with Gasteiger partial charge in [-0.1, -0.05) is 58.0 Å². The first-order valence-corrected chi connectivity index (χ1v) is 15.4. The number of nitrogens with zero attached hydrogens (tertiary/aromatic N) is 1. The molecule has 242 valence electrons. The Kier molecular flexibility index (Phi) is 14.9. The lowest BCUT2D eigenvalue weighted by Crippen LogP contribution is -2.57. The standard InChI is InChI=1S/C31H48N4O6.C2H6/c1-20(2)18-24(33-26(37)22-14-16-35(17-15-22)29(40)41-31(6,7)8)27(38)32-23(19-21-12-10-9-11-13-21)25(36)28(39)34-30(3,4)5;1-2/h9-13,20,22-24H,14-19H2,1-8H3,(H,32,38)(H,33,37)(H,34,39);1-2H3/t23?,24-;/m0./s1. The van der Waals surface area contributed by atoms with Gasteiger partial charge < -0.3 is 25.6 Å². The number of rotatable bonds is 10.